The van der Waals surface area contributed by atoms with Crippen LogP contribution in [0.3, 0.4) is 0 Å². The molecule has 0 radical (unpaired) electrons. The monoisotopic (exact) mass is 373 g/mol. The van der Waals surface area contributed by atoms with Gasteiger partial charge in [-0.1, -0.05) is 30.3 Å². The van der Waals surface area contributed by atoms with Crippen molar-refractivity contribution in [3.63, 3.8) is 0 Å². The number of hydrogen-bond donors (Lipinski definition) is 1. The van der Waals surface area contributed by atoms with E-state index in [0.29, 0.717) is 10.0 Å². The van der Waals surface area contributed by atoms with Crippen LogP contribution in [0, 0.1) is 0 Å². The molecule has 0 aliphatic carbocycles. The third-order valence-corrected chi connectivity index (χ3v) is 3.45. The van der Waals surface area contributed by atoms with Gasteiger partial charge in [-0.15, -0.1) is 13.2 Å². The van der Waals surface area contributed by atoms with Crippen LogP contribution in [0.5, 0.6) is 5.75 Å². The highest BCUT2D eigenvalue weighted by Gasteiger charge is 2.32. The Morgan fingerprint density at radius 3 is 2.41 bits per heavy atom. The number of carbonyl (C=O) groups is 1. The van der Waals surface area contributed by atoms with E-state index in [4.69, 9.17) is 0 Å². The molecule has 0 spiro atoms. The molecule has 1 N–H and O–H groups in total. The third kappa shape index (κ3) is 4.49. The summed E-state index contributed by atoms with van der Waals surface area (Å²) < 4.78 is 41.5. The quantitative estimate of drug-likeness (QED) is 0.868. The summed E-state index contributed by atoms with van der Waals surface area (Å²) in [5.74, 6) is -0.725. The molecule has 2 aromatic rings. The molecule has 0 saturated carbocycles. The summed E-state index contributed by atoms with van der Waals surface area (Å²) in [7, 11) is 0. The van der Waals surface area contributed by atoms with Gasteiger partial charge in [-0.25, -0.2) is 0 Å². The minimum Gasteiger partial charge on any atom is -0.405 e. The van der Waals surface area contributed by atoms with Gasteiger partial charge >= 0.3 is 6.36 Å². The van der Waals surface area contributed by atoms with Gasteiger partial charge in [0.15, 0.2) is 0 Å². The molecule has 0 aromatic heterocycles. The number of amides is 1. The van der Waals surface area contributed by atoms with Crippen LogP contribution in [0.4, 0.5) is 13.2 Å². The van der Waals surface area contributed by atoms with Crippen LogP contribution in [0.2, 0.25) is 0 Å². The lowest BCUT2D eigenvalue weighted by molar-refractivity contribution is -0.274. The van der Waals surface area contributed by atoms with Gasteiger partial charge in [-0.3, -0.25) is 4.79 Å². The Labute approximate surface area is 133 Å². The van der Waals surface area contributed by atoms with Crippen molar-refractivity contribution in [1.82, 2.24) is 5.32 Å². The highest BCUT2D eigenvalue weighted by atomic mass is 79.9. The number of nitrogens with one attached hydrogen (secondary N) is 1. The Morgan fingerprint density at radius 2 is 1.73 bits per heavy atom. The second kappa shape index (κ2) is 6.83. The molecule has 116 valence electrons. The lowest BCUT2D eigenvalue weighted by Gasteiger charge is -2.13. The fraction of sp³-hybridized carbons (Fsp3) is 0.133. The molecule has 2 aromatic carbocycles. The molecule has 0 fully saturated rings. The maximum absolute atomic E-state index is 12.3. The summed E-state index contributed by atoms with van der Waals surface area (Å²) in [5, 5.41) is 2.57. The van der Waals surface area contributed by atoms with E-state index in [0.717, 1.165) is 0 Å². The van der Waals surface area contributed by atoms with Gasteiger partial charge in [0.2, 0.25) is 0 Å². The zero-order valence-electron chi connectivity index (χ0n) is 11.2. The summed E-state index contributed by atoms with van der Waals surface area (Å²) in [4.78, 5) is 12.0. The Hall–Kier alpha value is -2.02. The minimum atomic E-state index is -4.78. The summed E-state index contributed by atoms with van der Waals surface area (Å²) in [5.41, 5.74) is 0.636. The van der Waals surface area contributed by atoms with Crippen molar-refractivity contribution in [2.45, 2.75) is 12.9 Å². The molecule has 0 heterocycles. The summed E-state index contributed by atoms with van der Waals surface area (Å²) >= 11 is 3.24. The fourth-order valence-electron chi connectivity index (χ4n) is 1.79. The first kappa shape index (κ1) is 16.4. The van der Waals surface area contributed by atoms with Crippen LogP contribution in [0.1, 0.15) is 15.9 Å². The molecule has 0 aliphatic rings. The second-order valence-corrected chi connectivity index (χ2v) is 5.17. The number of ether oxygens (including phenoxy) is 1. The number of rotatable bonds is 4. The highest BCUT2D eigenvalue weighted by molar-refractivity contribution is 9.10. The van der Waals surface area contributed by atoms with Crippen LogP contribution < -0.4 is 10.1 Å². The number of halogens is 4. The van der Waals surface area contributed by atoms with Gasteiger partial charge in [-0.2, -0.15) is 0 Å². The van der Waals surface area contributed by atoms with E-state index in [1.807, 2.05) is 0 Å². The average Bonchev–Trinajstić information content (AvgIpc) is 2.45. The van der Waals surface area contributed by atoms with Crippen LogP contribution >= 0.6 is 15.9 Å². The van der Waals surface area contributed by atoms with E-state index in [1.165, 1.54) is 18.2 Å². The van der Waals surface area contributed by atoms with Gasteiger partial charge in [0, 0.05) is 16.6 Å². The lowest BCUT2D eigenvalue weighted by atomic mass is 10.2. The maximum atomic E-state index is 12.3. The van der Waals surface area contributed by atoms with E-state index in [-0.39, 0.29) is 17.9 Å². The normalized spacial score (nSPS) is 11.1. The van der Waals surface area contributed by atoms with Gasteiger partial charge in [0.05, 0.1) is 5.56 Å². The van der Waals surface area contributed by atoms with Crippen molar-refractivity contribution < 1.29 is 22.7 Å². The van der Waals surface area contributed by atoms with E-state index in [1.54, 1.807) is 30.3 Å². The van der Waals surface area contributed by atoms with E-state index < -0.39 is 12.3 Å². The predicted molar refractivity (Wildman–Crippen MR) is 78.4 cm³/mol. The molecule has 0 atom stereocenters. The molecule has 1 amide bonds. The minimum absolute atomic E-state index is 0.0770. The fourth-order valence-corrected chi connectivity index (χ4v) is 2.26. The van der Waals surface area contributed by atoms with Crippen molar-refractivity contribution in [1.29, 1.82) is 0 Å². The molecule has 3 nitrogen and oxygen atoms in total. The van der Waals surface area contributed by atoms with Crippen LogP contribution in [0.25, 0.3) is 0 Å². The Bertz CT molecular complexity index is 674. The van der Waals surface area contributed by atoms with Crippen LogP contribution in [-0.2, 0) is 6.54 Å². The molecule has 22 heavy (non-hydrogen) atoms. The van der Waals surface area contributed by atoms with E-state index >= 15 is 0 Å². The zero-order valence-corrected chi connectivity index (χ0v) is 12.7. The molecule has 7 heteroatoms. The molecule has 2 rings (SSSR count). The van der Waals surface area contributed by atoms with Crippen molar-refractivity contribution in [2.75, 3.05) is 0 Å². The van der Waals surface area contributed by atoms with Gasteiger partial charge in [0.1, 0.15) is 5.75 Å². The topological polar surface area (TPSA) is 38.3 Å². The number of para-hydroxylation sites is 1. The predicted octanol–water partition coefficient (Wildman–Crippen LogP) is 4.28. The van der Waals surface area contributed by atoms with E-state index in [9.17, 15) is 18.0 Å². The molecule has 0 unspecified atom stereocenters. The molecule has 0 bridgehead atoms. The van der Waals surface area contributed by atoms with E-state index in [2.05, 4.69) is 26.0 Å². The zero-order chi connectivity index (χ0) is 16.2. The van der Waals surface area contributed by atoms with Gasteiger partial charge in [0.25, 0.3) is 5.91 Å². The standard InChI is InChI=1S/C15H11BrF3NO2/c16-12-7-3-2-6-11(12)14(21)20-9-10-5-1-4-8-13(10)22-15(17,18)19/h1-8H,9H2,(H,20,21). The van der Waals surface area contributed by atoms with Crippen molar-refractivity contribution in [3.8, 4) is 5.75 Å². The van der Waals surface area contributed by atoms with Crippen LogP contribution in [-0.4, -0.2) is 12.3 Å². The summed E-state index contributed by atoms with van der Waals surface area (Å²) in [6.07, 6.45) is -4.78. The first-order chi connectivity index (χ1) is 10.4. The molecular weight excluding hydrogens is 363 g/mol. The SMILES string of the molecule is O=C(NCc1ccccc1OC(F)(F)F)c1ccccc1Br. The highest BCUT2D eigenvalue weighted by Crippen LogP contribution is 2.26. The summed E-state index contributed by atoms with van der Waals surface area (Å²) in [6, 6.07) is 12.4. The molecular formula is C15H11BrF3NO2. The van der Waals surface area contributed by atoms with Crippen molar-refractivity contribution in [3.05, 3.63) is 64.1 Å². The first-order valence-corrected chi connectivity index (χ1v) is 7.02. The molecule has 0 saturated heterocycles. The maximum Gasteiger partial charge on any atom is 0.573 e. The Morgan fingerprint density at radius 1 is 1.09 bits per heavy atom. The largest absolute Gasteiger partial charge is 0.573 e. The smallest absolute Gasteiger partial charge is 0.405 e. The van der Waals surface area contributed by atoms with Gasteiger partial charge in [-0.05, 0) is 34.1 Å². The van der Waals surface area contributed by atoms with Crippen LogP contribution in [0.15, 0.2) is 53.0 Å². The van der Waals surface area contributed by atoms with Crippen molar-refractivity contribution in [2.24, 2.45) is 0 Å². The Balaban J connectivity index is 2.09. The molecule has 0 aliphatic heterocycles. The third-order valence-electron chi connectivity index (χ3n) is 2.76. The van der Waals surface area contributed by atoms with Gasteiger partial charge < -0.3 is 10.1 Å². The first-order valence-electron chi connectivity index (χ1n) is 6.23. The number of benzene rings is 2. The van der Waals surface area contributed by atoms with Crippen molar-refractivity contribution >= 4 is 21.8 Å². The number of carbonyl (C=O) groups excluding carboxylic acids is 1. The lowest BCUT2D eigenvalue weighted by Crippen LogP contribution is -2.24. The summed E-state index contributed by atoms with van der Waals surface area (Å²) in [6.45, 7) is -0.0770. The number of alkyl halides is 3. The Kier molecular flexibility index (Phi) is 5.07. The number of hydrogen-bond acceptors (Lipinski definition) is 2. The average molecular weight is 374 g/mol. The second-order valence-electron chi connectivity index (χ2n) is 4.32.